The van der Waals surface area contributed by atoms with Gasteiger partial charge in [-0.1, -0.05) is 23.2 Å². The molecular weight excluding hydrogens is 297 g/mol. The number of halogens is 2. The molecule has 3 rings (SSSR count). The summed E-state index contributed by atoms with van der Waals surface area (Å²) >= 11 is 12.0. The van der Waals surface area contributed by atoms with E-state index in [9.17, 15) is 4.79 Å². The molecule has 0 amide bonds. The quantitative estimate of drug-likeness (QED) is 0.560. The maximum Gasteiger partial charge on any atom is 0.197 e. The summed E-state index contributed by atoms with van der Waals surface area (Å²) in [5.74, 6) is -0.222. The number of ketones is 1. The highest BCUT2D eigenvalue weighted by molar-refractivity contribution is 6.37. The monoisotopic (exact) mass is 305 g/mol. The molecule has 0 aliphatic carbocycles. The molecule has 4 nitrogen and oxygen atoms in total. The zero-order valence-corrected chi connectivity index (χ0v) is 11.7. The van der Waals surface area contributed by atoms with Crippen LogP contribution in [0.15, 0.2) is 36.7 Å². The van der Waals surface area contributed by atoms with Gasteiger partial charge < -0.3 is 10.7 Å². The third-order valence-corrected chi connectivity index (χ3v) is 3.58. The highest BCUT2D eigenvalue weighted by Crippen LogP contribution is 2.28. The van der Waals surface area contributed by atoms with E-state index in [1.807, 2.05) is 0 Å². The van der Waals surface area contributed by atoms with E-state index >= 15 is 0 Å². The number of anilines is 1. The number of nitrogen functional groups attached to an aromatic ring is 1. The van der Waals surface area contributed by atoms with Gasteiger partial charge in [-0.15, -0.1) is 0 Å². The van der Waals surface area contributed by atoms with Crippen LogP contribution in [0.25, 0.3) is 11.0 Å². The Morgan fingerprint density at radius 2 is 2.00 bits per heavy atom. The van der Waals surface area contributed by atoms with Gasteiger partial charge in [0.15, 0.2) is 5.78 Å². The lowest BCUT2D eigenvalue weighted by atomic mass is 10.0. The van der Waals surface area contributed by atoms with Crippen molar-refractivity contribution in [3.8, 4) is 0 Å². The van der Waals surface area contributed by atoms with Crippen LogP contribution in [0.1, 0.15) is 15.9 Å². The molecule has 0 aliphatic heterocycles. The van der Waals surface area contributed by atoms with E-state index in [4.69, 9.17) is 28.9 Å². The minimum atomic E-state index is -0.222. The van der Waals surface area contributed by atoms with Crippen molar-refractivity contribution in [3.63, 3.8) is 0 Å². The standard InChI is InChI=1S/C14H9Cl2N3O/c15-7-1-2-8(11(17)5-7)13(20)9-6-19-14-12(9)10(16)3-4-18-14/h1-6H,17H2,(H,18,19). The molecule has 1 aromatic carbocycles. The van der Waals surface area contributed by atoms with E-state index in [2.05, 4.69) is 9.97 Å². The number of hydrogen-bond acceptors (Lipinski definition) is 3. The van der Waals surface area contributed by atoms with Crippen molar-refractivity contribution >= 4 is 45.7 Å². The molecule has 2 aromatic heterocycles. The number of fused-ring (bicyclic) bond motifs is 1. The summed E-state index contributed by atoms with van der Waals surface area (Å²) in [7, 11) is 0. The van der Waals surface area contributed by atoms with E-state index in [-0.39, 0.29) is 5.78 Å². The van der Waals surface area contributed by atoms with Gasteiger partial charge in [0.2, 0.25) is 0 Å². The summed E-state index contributed by atoms with van der Waals surface area (Å²) in [4.78, 5) is 19.6. The molecule has 0 fully saturated rings. The van der Waals surface area contributed by atoms with Crippen LogP contribution in [0, 0.1) is 0 Å². The van der Waals surface area contributed by atoms with Crippen molar-refractivity contribution in [1.29, 1.82) is 0 Å². The van der Waals surface area contributed by atoms with E-state index in [0.29, 0.717) is 37.9 Å². The van der Waals surface area contributed by atoms with Gasteiger partial charge in [-0.3, -0.25) is 4.79 Å². The summed E-state index contributed by atoms with van der Waals surface area (Å²) in [5.41, 5.74) is 7.56. The summed E-state index contributed by atoms with van der Waals surface area (Å²) in [5, 5.41) is 1.54. The lowest BCUT2D eigenvalue weighted by Gasteiger charge is -2.05. The van der Waals surface area contributed by atoms with Crippen LogP contribution in [0.2, 0.25) is 10.0 Å². The lowest BCUT2D eigenvalue weighted by Crippen LogP contribution is -2.04. The first-order valence-electron chi connectivity index (χ1n) is 5.79. The van der Waals surface area contributed by atoms with Crippen LogP contribution in [0.4, 0.5) is 5.69 Å². The van der Waals surface area contributed by atoms with Crippen LogP contribution < -0.4 is 5.73 Å². The molecule has 0 atom stereocenters. The Bertz CT molecular complexity index is 826. The number of nitrogens with one attached hydrogen (secondary N) is 1. The normalized spacial score (nSPS) is 10.9. The molecule has 2 heterocycles. The van der Waals surface area contributed by atoms with Gasteiger partial charge in [0, 0.05) is 34.1 Å². The number of carbonyl (C=O) groups excluding carboxylic acids is 1. The first-order chi connectivity index (χ1) is 9.58. The number of nitrogens with two attached hydrogens (primary N) is 1. The Kier molecular flexibility index (Phi) is 3.12. The van der Waals surface area contributed by atoms with Crippen molar-refractivity contribution < 1.29 is 4.79 Å². The van der Waals surface area contributed by atoms with Crippen LogP contribution in [-0.2, 0) is 0 Å². The average molecular weight is 306 g/mol. The second-order valence-corrected chi connectivity index (χ2v) is 5.12. The first-order valence-corrected chi connectivity index (χ1v) is 6.55. The molecule has 0 aliphatic rings. The molecule has 0 radical (unpaired) electrons. The topological polar surface area (TPSA) is 71.8 Å². The third kappa shape index (κ3) is 2.03. The molecule has 0 saturated carbocycles. The van der Waals surface area contributed by atoms with Crippen LogP contribution in [0.5, 0.6) is 0 Å². The Hall–Kier alpha value is -2.04. The molecule has 6 heteroatoms. The predicted octanol–water partition coefficient (Wildman–Crippen LogP) is 3.68. The number of benzene rings is 1. The molecule has 3 N–H and O–H groups in total. The van der Waals surface area contributed by atoms with Crippen molar-refractivity contribution in [1.82, 2.24) is 9.97 Å². The van der Waals surface area contributed by atoms with Crippen LogP contribution >= 0.6 is 23.2 Å². The van der Waals surface area contributed by atoms with E-state index in [1.165, 1.54) is 0 Å². The third-order valence-electron chi connectivity index (χ3n) is 3.03. The largest absolute Gasteiger partial charge is 0.398 e. The number of pyridine rings is 1. The molecule has 100 valence electrons. The minimum Gasteiger partial charge on any atom is -0.398 e. The second-order valence-electron chi connectivity index (χ2n) is 4.28. The van der Waals surface area contributed by atoms with Gasteiger partial charge >= 0.3 is 0 Å². The summed E-state index contributed by atoms with van der Waals surface area (Å²) in [6.45, 7) is 0. The number of rotatable bonds is 2. The fraction of sp³-hybridized carbons (Fsp3) is 0. The molecule has 0 saturated heterocycles. The number of nitrogens with zero attached hydrogens (tertiary/aromatic N) is 1. The SMILES string of the molecule is Nc1cc(Cl)ccc1C(=O)c1c[nH]c2nccc(Cl)c12. The van der Waals surface area contributed by atoms with Gasteiger partial charge in [0.1, 0.15) is 5.65 Å². The van der Waals surface area contributed by atoms with Gasteiger partial charge in [0.25, 0.3) is 0 Å². The Balaban J connectivity index is 2.18. The first kappa shape index (κ1) is 13.0. The minimum absolute atomic E-state index is 0.222. The van der Waals surface area contributed by atoms with Crippen molar-refractivity contribution in [2.45, 2.75) is 0 Å². The van der Waals surface area contributed by atoms with Crippen molar-refractivity contribution in [2.24, 2.45) is 0 Å². The fourth-order valence-corrected chi connectivity index (χ4v) is 2.51. The van der Waals surface area contributed by atoms with Crippen molar-refractivity contribution in [3.05, 3.63) is 57.8 Å². The highest BCUT2D eigenvalue weighted by atomic mass is 35.5. The molecule has 0 spiro atoms. The fourth-order valence-electron chi connectivity index (χ4n) is 2.08. The molecule has 3 aromatic rings. The van der Waals surface area contributed by atoms with Gasteiger partial charge in [-0.25, -0.2) is 4.98 Å². The molecule has 0 bridgehead atoms. The van der Waals surface area contributed by atoms with E-state index in [0.717, 1.165) is 0 Å². The number of aromatic nitrogens is 2. The zero-order valence-electron chi connectivity index (χ0n) is 10.2. The Labute approximate surface area is 124 Å². The molecular formula is C14H9Cl2N3O. The van der Waals surface area contributed by atoms with Crippen LogP contribution in [0.3, 0.4) is 0 Å². The zero-order chi connectivity index (χ0) is 14.3. The lowest BCUT2D eigenvalue weighted by molar-refractivity contribution is 0.104. The van der Waals surface area contributed by atoms with Gasteiger partial charge in [-0.2, -0.15) is 0 Å². The number of carbonyl (C=O) groups is 1. The van der Waals surface area contributed by atoms with Gasteiger partial charge in [-0.05, 0) is 24.3 Å². The van der Waals surface area contributed by atoms with E-state index in [1.54, 1.807) is 36.7 Å². The Morgan fingerprint density at radius 3 is 2.75 bits per heavy atom. The second kappa shape index (κ2) is 4.81. The van der Waals surface area contributed by atoms with Crippen LogP contribution in [-0.4, -0.2) is 15.8 Å². The average Bonchev–Trinajstić information content (AvgIpc) is 2.83. The number of H-pyrrole nitrogens is 1. The predicted molar refractivity (Wildman–Crippen MR) is 80.4 cm³/mol. The Morgan fingerprint density at radius 1 is 1.20 bits per heavy atom. The number of hydrogen-bond donors (Lipinski definition) is 2. The van der Waals surface area contributed by atoms with Crippen molar-refractivity contribution in [2.75, 3.05) is 5.73 Å². The molecule has 20 heavy (non-hydrogen) atoms. The number of aromatic amines is 1. The smallest absolute Gasteiger partial charge is 0.197 e. The maximum atomic E-state index is 12.6. The summed E-state index contributed by atoms with van der Waals surface area (Å²) in [6, 6.07) is 6.41. The highest BCUT2D eigenvalue weighted by Gasteiger charge is 2.18. The summed E-state index contributed by atoms with van der Waals surface area (Å²) in [6.07, 6.45) is 3.16. The summed E-state index contributed by atoms with van der Waals surface area (Å²) < 4.78 is 0. The van der Waals surface area contributed by atoms with Gasteiger partial charge in [0.05, 0.1) is 10.6 Å². The molecule has 0 unspecified atom stereocenters. The maximum absolute atomic E-state index is 12.6. The van der Waals surface area contributed by atoms with E-state index < -0.39 is 0 Å².